The van der Waals surface area contributed by atoms with Crippen LogP contribution in [-0.4, -0.2) is 24.9 Å². The van der Waals surface area contributed by atoms with Gasteiger partial charge in [-0.05, 0) is 83.0 Å². The van der Waals surface area contributed by atoms with E-state index in [-0.39, 0.29) is 0 Å². The third kappa shape index (κ3) is 7.82. The zero-order valence-corrected chi connectivity index (χ0v) is 34.6. The van der Waals surface area contributed by atoms with Gasteiger partial charge in [0, 0.05) is 33.4 Å². The van der Waals surface area contributed by atoms with Crippen molar-refractivity contribution in [1.29, 1.82) is 0 Å². The highest BCUT2D eigenvalue weighted by Crippen LogP contribution is 2.53. The van der Waals surface area contributed by atoms with E-state index in [0.29, 0.717) is 34.9 Å². The number of benzene rings is 7. The van der Waals surface area contributed by atoms with E-state index in [4.69, 9.17) is 31.5 Å². The molecule has 2 aliphatic rings. The fourth-order valence-corrected chi connectivity index (χ4v) is 9.60. The van der Waals surface area contributed by atoms with Crippen LogP contribution in [-0.2, 0) is 0 Å². The quantitative estimate of drug-likeness (QED) is 0.136. The van der Waals surface area contributed by atoms with E-state index >= 15 is 0 Å². The molecule has 2 saturated carbocycles. The van der Waals surface area contributed by atoms with Crippen LogP contribution < -0.4 is 0 Å². The first-order chi connectivity index (χ1) is 31.1. The summed E-state index contributed by atoms with van der Waals surface area (Å²) in [6.07, 6.45) is 5.50. The van der Waals surface area contributed by atoms with Crippen molar-refractivity contribution >= 4 is 5.69 Å². The summed E-state index contributed by atoms with van der Waals surface area (Å²) in [5, 5.41) is 0. The third-order valence-corrected chi connectivity index (χ3v) is 12.9. The van der Waals surface area contributed by atoms with Crippen molar-refractivity contribution < 1.29 is 0 Å². The Balaban J connectivity index is 0.907. The molecule has 9 aromatic rings. The smallest absolute Gasteiger partial charge is 0.187 e. The zero-order valence-electron chi connectivity index (χ0n) is 34.6. The summed E-state index contributed by atoms with van der Waals surface area (Å²) in [5.74, 6) is 5.05. The Kier molecular flexibility index (Phi) is 9.99. The molecule has 3 unspecified atom stereocenters. The zero-order chi connectivity index (χ0) is 42.1. The van der Waals surface area contributed by atoms with Gasteiger partial charge in [-0.2, -0.15) is 0 Å². The first kappa shape index (κ1) is 38.1. The summed E-state index contributed by atoms with van der Waals surface area (Å²) in [6.45, 7) is 7.43. The number of hydrogen-bond donors (Lipinski definition) is 0. The molecule has 0 spiro atoms. The molecule has 7 aromatic carbocycles. The molecular formula is C57H42N6. The van der Waals surface area contributed by atoms with E-state index in [1.165, 1.54) is 31.2 Å². The van der Waals surface area contributed by atoms with Gasteiger partial charge in [0.1, 0.15) is 0 Å². The van der Waals surface area contributed by atoms with Gasteiger partial charge in [0.2, 0.25) is 0 Å². The maximum absolute atomic E-state index is 7.43. The fourth-order valence-electron chi connectivity index (χ4n) is 9.60. The van der Waals surface area contributed by atoms with Crippen LogP contribution in [0.25, 0.3) is 95.2 Å². The van der Waals surface area contributed by atoms with Gasteiger partial charge < -0.3 is 0 Å². The second-order valence-corrected chi connectivity index (χ2v) is 16.8. The van der Waals surface area contributed by atoms with Crippen LogP contribution in [0.5, 0.6) is 0 Å². The summed E-state index contributed by atoms with van der Waals surface area (Å²) < 4.78 is 0. The van der Waals surface area contributed by atoms with Crippen molar-refractivity contribution in [2.24, 2.45) is 11.8 Å². The Labute approximate surface area is 367 Å². The molecule has 0 N–H and O–H groups in total. The third-order valence-electron chi connectivity index (χ3n) is 12.9. The van der Waals surface area contributed by atoms with E-state index in [2.05, 4.69) is 132 Å². The van der Waals surface area contributed by atoms with Crippen LogP contribution in [0.1, 0.15) is 37.2 Å². The molecular weight excluding hydrogens is 769 g/mol. The minimum Gasteiger partial charge on any atom is -0.238 e. The number of hydrogen-bond acceptors (Lipinski definition) is 5. The molecule has 2 fully saturated rings. The minimum atomic E-state index is 0.624. The highest BCUT2D eigenvalue weighted by atomic mass is 15.0. The first-order valence-electron chi connectivity index (χ1n) is 21.8. The Morgan fingerprint density at radius 3 is 1.40 bits per heavy atom. The first-order valence-corrected chi connectivity index (χ1v) is 21.8. The number of aromatic nitrogens is 5. The Morgan fingerprint density at radius 1 is 0.365 bits per heavy atom. The van der Waals surface area contributed by atoms with Gasteiger partial charge in [0.05, 0.1) is 18.0 Å². The molecule has 3 atom stereocenters. The van der Waals surface area contributed by atoms with E-state index in [1.807, 2.05) is 60.7 Å². The van der Waals surface area contributed by atoms with Crippen molar-refractivity contribution in [2.75, 3.05) is 0 Å². The lowest BCUT2D eigenvalue weighted by Crippen LogP contribution is -2.08. The van der Waals surface area contributed by atoms with Gasteiger partial charge in [-0.1, -0.05) is 176 Å². The van der Waals surface area contributed by atoms with Crippen LogP contribution in [0.3, 0.4) is 0 Å². The Bertz CT molecular complexity index is 3120. The second-order valence-electron chi connectivity index (χ2n) is 16.8. The summed E-state index contributed by atoms with van der Waals surface area (Å²) in [4.78, 5) is 28.9. The average Bonchev–Trinajstić information content (AvgIpc) is 4.02. The number of fused-ring (bicyclic) bond motifs is 2. The summed E-state index contributed by atoms with van der Waals surface area (Å²) in [5.41, 5.74) is 13.7. The standard InChI is InChI=1S/C57H42N6/c1-58-50-17-9-15-47(35-50)39-20-26-42(27-21-39)53-36-52(41-10-4-2-5-11-41)59-57(60-53)49-16-8-14-46(34-49)38-22-28-44(29-23-38)55-61-54(43-12-6-3-7-13-43)62-56(63-55)45-30-24-40(25-31-45)51-33-37-18-19-48(51)32-37/h2-17,20-31,34-37,48,51H,18-19,32-33H2. The predicted molar refractivity (Wildman–Crippen MR) is 253 cm³/mol. The van der Waals surface area contributed by atoms with Crippen molar-refractivity contribution in [3.8, 4) is 90.3 Å². The van der Waals surface area contributed by atoms with Gasteiger partial charge in [-0.25, -0.2) is 29.8 Å². The lowest BCUT2D eigenvalue weighted by atomic mass is 9.83. The van der Waals surface area contributed by atoms with Gasteiger partial charge in [0.25, 0.3) is 0 Å². The van der Waals surface area contributed by atoms with Gasteiger partial charge in [0.15, 0.2) is 29.0 Å². The van der Waals surface area contributed by atoms with Crippen molar-refractivity contribution in [3.05, 3.63) is 205 Å². The van der Waals surface area contributed by atoms with Crippen LogP contribution in [0.2, 0.25) is 0 Å². The molecule has 11 rings (SSSR count). The van der Waals surface area contributed by atoms with Gasteiger partial charge >= 0.3 is 0 Å². The van der Waals surface area contributed by atoms with Crippen LogP contribution in [0, 0.1) is 18.4 Å². The Hall–Kier alpha value is -7.88. The van der Waals surface area contributed by atoms with Crippen LogP contribution in [0.4, 0.5) is 5.69 Å². The van der Waals surface area contributed by atoms with E-state index < -0.39 is 0 Å². The molecule has 6 heteroatoms. The number of nitrogens with zero attached hydrogens (tertiary/aromatic N) is 6. The van der Waals surface area contributed by atoms with Crippen LogP contribution >= 0.6 is 0 Å². The maximum atomic E-state index is 7.43. The SMILES string of the molecule is [C-]#[N+]c1cccc(-c2ccc(-c3cc(-c4ccccc4)nc(-c4cccc(-c5ccc(-c6nc(-c7ccccc7)nc(-c7ccc(C8CC9CCC8C9)cc7)n6)cc5)c4)n3)cc2)c1. The molecule has 2 heterocycles. The molecule has 0 radical (unpaired) electrons. The molecule has 0 aliphatic heterocycles. The number of rotatable bonds is 9. The van der Waals surface area contributed by atoms with E-state index in [1.54, 1.807) is 0 Å². The van der Waals surface area contributed by atoms with E-state index in [9.17, 15) is 0 Å². The highest BCUT2D eigenvalue weighted by Gasteiger charge is 2.40. The highest BCUT2D eigenvalue weighted by molar-refractivity contribution is 5.78. The topological polar surface area (TPSA) is 68.8 Å². The monoisotopic (exact) mass is 810 g/mol. The fraction of sp³-hybridized carbons (Fsp3) is 0.123. The van der Waals surface area contributed by atoms with Crippen molar-refractivity contribution in [3.63, 3.8) is 0 Å². The molecule has 300 valence electrons. The molecule has 0 amide bonds. The largest absolute Gasteiger partial charge is 0.238 e. The minimum absolute atomic E-state index is 0.624. The molecule has 6 nitrogen and oxygen atoms in total. The molecule has 2 aliphatic carbocycles. The average molecular weight is 811 g/mol. The molecule has 2 aromatic heterocycles. The van der Waals surface area contributed by atoms with Crippen molar-refractivity contribution in [2.45, 2.75) is 31.6 Å². The molecule has 63 heavy (non-hydrogen) atoms. The maximum Gasteiger partial charge on any atom is 0.187 e. The van der Waals surface area contributed by atoms with E-state index in [0.717, 1.165) is 78.9 Å². The molecule has 2 bridgehead atoms. The Morgan fingerprint density at radius 2 is 0.825 bits per heavy atom. The normalized spacial score (nSPS) is 16.5. The van der Waals surface area contributed by atoms with Crippen molar-refractivity contribution in [1.82, 2.24) is 24.9 Å². The van der Waals surface area contributed by atoms with Gasteiger partial charge in [-0.15, -0.1) is 0 Å². The lowest BCUT2D eigenvalue weighted by molar-refractivity contribution is 0.420. The summed E-state index contributed by atoms with van der Waals surface area (Å²) in [7, 11) is 0. The lowest BCUT2D eigenvalue weighted by Gasteiger charge is -2.22. The second kappa shape index (κ2) is 16.5. The summed E-state index contributed by atoms with van der Waals surface area (Å²) >= 11 is 0. The van der Waals surface area contributed by atoms with Gasteiger partial charge in [-0.3, -0.25) is 0 Å². The molecule has 0 saturated heterocycles. The van der Waals surface area contributed by atoms with Crippen LogP contribution in [0.15, 0.2) is 188 Å². The predicted octanol–water partition coefficient (Wildman–Crippen LogP) is 14.5. The summed E-state index contributed by atoms with van der Waals surface area (Å²) in [6, 6.07) is 64.4.